The van der Waals surface area contributed by atoms with Gasteiger partial charge in [-0.25, -0.2) is 4.79 Å². The second kappa shape index (κ2) is 10.0. The fourth-order valence-corrected chi connectivity index (χ4v) is 2.92. The Morgan fingerprint density at radius 2 is 1.53 bits per heavy atom. The molecule has 1 N–H and O–H groups in total. The highest BCUT2D eigenvalue weighted by Gasteiger charge is 2.18. The van der Waals surface area contributed by atoms with Gasteiger partial charge in [0.05, 0.1) is 18.7 Å². The Morgan fingerprint density at radius 3 is 2.13 bits per heavy atom. The third-order valence-electron chi connectivity index (χ3n) is 4.50. The number of nitrogens with one attached hydrogen (secondary N) is 1. The molecule has 0 aromatic heterocycles. The van der Waals surface area contributed by atoms with Crippen LogP contribution in [0.2, 0.25) is 0 Å². The number of hydrogen-bond acceptors (Lipinski definition) is 5. The van der Waals surface area contributed by atoms with Crippen LogP contribution in [0, 0.1) is 0 Å². The maximum Gasteiger partial charge on any atom is 0.338 e. The van der Waals surface area contributed by atoms with Crippen molar-refractivity contribution in [3.05, 3.63) is 101 Å². The Balaban J connectivity index is 1.68. The van der Waals surface area contributed by atoms with Crippen LogP contribution >= 0.6 is 0 Å². The lowest BCUT2D eigenvalue weighted by Crippen LogP contribution is -2.33. The zero-order valence-electron chi connectivity index (χ0n) is 16.4. The summed E-state index contributed by atoms with van der Waals surface area (Å²) in [5, 5.41) is 2.91. The van der Waals surface area contributed by atoms with Gasteiger partial charge in [0, 0.05) is 5.56 Å². The van der Waals surface area contributed by atoms with Gasteiger partial charge in [0.25, 0.3) is 5.91 Å². The molecule has 3 aromatic rings. The Morgan fingerprint density at radius 1 is 0.900 bits per heavy atom. The Kier molecular flexibility index (Phi) is 6.95. The number of rotatable bonds is 8. The molecule has 1 atom stereocenters. The Bertz CT molecular complexity index is 998. The van der Waals surface area contributed by atoms with E-state index < -0.39 is 24.5 Å². The largest absolute Gasteiger partial charge is 0.497 e. The minimum absolute atomic E-state index is 0.267. The zero-order valence-corrected chi connectivity index (χ0v) is 16.4. The van der Waals surface area contributed by atoms with Crippen molar-refractivity contribution in [3.8, 4) is 5.75 Å². The van der Waals surface area contributed by atoms with E-state index in [1.165, 1.54) is 24.3 Å². The first-order valence-electron chi connectivity index (χ1n) is 9.31. The lowest BCUT2D eigenvalue weighted by atomic mass is 9.98. The monoisotopic (exact) mass is 403 g/mol. The number of methoxy groups -OCH3 is 1. The van der Waals surface area contributed by atoms with E-state index in [4.69, 9.17) is 9.47 Å². The van der Waals surface area contributed by atoms with E-state index in [2.05, 4.69) is 5.32 Å². The molecule has 0 heterocycles. The summed E-state index contributed by atoms with van der Waals surface area (Å²) in [6.45, 7) is -0.423. The van der Waals surface area contributed by atoms with Crippen molar-refractivity contribution in [3.63, 3.8) is 0 Å². The normalized spacial score (nSPS) is 11.2. The van der Waals surface area contributed by atoms with Crippen LogP contribution in [-0.2, 0) is 9.53 Å². The molecule has 0 aliphatic heterocycles. The molecule has 1 amide bonds. The van der Waals surface area contributed by atoms with Crippen LogP contribution in [0.25, 0.3) is 0 Å². The van der Waals surface area contributed by atoms with Crippen LogP contribution in [0.3, 0.4) is 0 Å². The van der Waals surface area contributed by atoms with E-state index in [0.29, 0.717) is 17.6 Å². The SMILES string of the molecule is COc1ccc([C@H](NC(=O)COC(=O)c2ccc(C=O)cc2)c2ccccc2)cc1. The summed E-state index contributed by atoms with van der Waals surface area (Å²) in [5.74, 6) is -0.354. The highest BCUT2D eigenvalue weighted by molar-refractivity contribution is 5.92. The Labute approximate surface area is 174 Å². The Hall–Kier alpha value is -3.93. The molecule has 0 spiro atoms. The molecule has 0 bridgehead atoms. The number of aldehydes is 1. The van der Waals surface area contributed by atoms with Crippen LogP contribution in [0.4, 0.5) is 0 Å². The predicted molar refractivity (Wildman–Crippen MR) is 112 cm³/mol. The second-order valence-corrected chi connectivity index (χ2v) is 6.50. The van der Waals surface area contributed by atoms with Gasteiger partial charge in [-0.3, -0.25) is 9.59 Å². The maximum absolute atomic E-state index is 12.5. The maximum atomic E-state index is 12.5. The highest BCUT2D eigenvalue weighted by Crippen LogP contribution is 2.24. The fourth-order valence-electron chi connectivity index (χ4n) is 2.92. The number of ether oxygens (including phenoxy) is 2. The smallest absolute Gasteiger partial charge is 0.338 e. The van der Waals surface area contributed by atoms with Gasteiger partial charge in [-0.2, -0.15) is 0 Å². The molecule has 3 rings (SSSR count). The summed E-state index contributed by atoms with van der Waals surface area (Å²) in [7, 11) is 1.59. The molecule has 0 unspecified atom stereocenters. The minimum atomic E-state index is -0.636. The molecule has 0 fully saturated rings. The second-order valence-electron chi connectivity index (χ2n) is 6.50. The van der Waals surface area contributed by atoms with Gasteiger partial charge >= 0.3 is 5.97 Å². The van der Waals surface area contributed by atoms with Crippen LogP contribution in [-0.4, -0.2) is 31.9 Å². The standard InChI is InChI=1S/C24H21NO5/c1-29-21-13-11-19(12-14-21)23(18-5-3-2-4-6-18)25-22(27)16-30-24(28)20-9-7-17(15-26)8-10-20/h2-15,23H,16H2,1H3,(H,25,27)/t23-/m1/s1. The quantitative estimate of drug-likeness (QED) is 0.459. The number of amides is 1. The van der Waals surface area contributed by atoms with E-state index >= 15 is 0 Å². The molecular formula is C24H21NO5. The van der Waals surface area contributed by atoms with E-state index in [-0.39, 0.29) is 5.56 Å². The van der Waals surface area contributed by atoms with Gasteiger partial charge in [0.15, 0.2) is 6.61 Å². The van der Waals surface area contributed by atoms with E-state index in [1.54, 1.807) is 7.11 Å². The molecule has 0 radical (unpaired) electrons. The molecule has 6 nitrogen and oxygen atoms in total. The number of esters is 1. The van der Waals surface area contributed by atoms with Crippen molar-refractivity contribution in [2.45, 2.75) is 6.04 Å². The van der Waals surface area contributed by atoms with E-state index in [9.17, 15) is 14.4 Å². The van der Waals surface area contributed by atoms with Gasteiger partial charge in [0.2, 0.25) is 0 Å². The summed E-state index contributed by atoms with van der Waals surface area (Å²) >= 11 is 0. The first-order chi connectivity index (χ1) is 14.6. The van der Waals surface area contributed by atoms with E-state index in [0.717, 1.165) is 11.1 Å². The van der Waals surface area contributed by atoms with Crippen molar-refractivity contribution < 1.29 is 23.9 Å². The van der Waals surface area contributed by atoms with Gasteiger partial charge in [-0.1, -0.05) is 54.6 Å². The predicted octanol–water partition coefficient (Wildman–Crippen LogP) is 3.57. The summed E-state index contributed by atoms with van der Waals surface area (Å²) in [6, 6.07) is 22.5. The van der Waals surface area contributed by atoms with Gasteiger partial charge in [-0.15, -0.1) is 0 Å². The van der Waals surface area contributed by atoms with Crippen molar-refractivity contribution in [2.24, 2.45) is 0 Å². The first-order valence-corrected chi connectivity index (χ1v) is 9.31. The van der Waals surface area contributed by atoms with Gasteiger partial charge in [0.1, 0.15) is 12.0 Å². The summed E-state index contributed by atoms with van der Waals surface area (Å²) in [4.78, 5) is 35.3. The molecule has 0 aliphatic carbocycles. The first kappa shape index (κ1) is 20.8. The van der Waals surface area contributed by atoms with Crippen LogP contribution < -0.4 is 10.1 Å². The summed E-state index contributed by atoms with van der Waals surface area (Å²) in [5.41, 5.74) is 2.48. The van der Waals surface area contributed by atoms with Crippen LogP contribution in [0.5, 0.6) is 5.75 Å². The number of benzene rings is 3. The molecule has 0 saturated heterocycles. The number of hydrogen-bond donors (Lipinski definition) is 1. The van der Waals surface area contributed by atoms with Crippen molar-refractivity contribution in [1.29, 1.82) is 0 Å². The van der Waals surface area contributed by atoms with Crippen LogP contribution in [0.1, 0.15) is 37.9 Å². The zero-order chi connectivity index (χ0) is 21.3. The molecule has 152 valence electrons. The average Bonchev–Trinajstić information content (AvgIpc) is 2.81. The van der Waals surface area contributed by atoms with Crippen molar-refractivity contribution in [2.75, 3.05) is 13.7 Å². The lowest BCUT2D eigenvalue weighted by molar-refractivity contribution is -0.124. The van der Waals surface area contributed by atoms with Gasteiger partial charge < -0.3 is 14.8 Å². The van der Waals surface area contributed by atoms with Gasteiger partial charge in [-0.05, 0) is 35.4 Å². The summed E-state index contributed by atoms with van der Waals surface area (Å²) in [6.07, 6.45) is 0.686. The van der Waals surface area contributed by atoms with Crippen molar-refractivity contribution >= 4 is 18.2 Å². The lowest BCUT2D eigenvalue weighted by Gasteiger charge is -2.20. The number of carbonyl (C=O) groups is 3. The molecule has 0 saturated carbocycles. The van der Waals surface area contributed by atoms with Crippen molar-refractivity contribution in [1.82, 2.24) is 5.32 Å². The van der Waals surface area contributed by atoms with E-state index in [1.807, 2.05) is 54.6 Å². The fraction of sp³-hybridized carbons (Fsp3) is 0.125. The third kappa shape index (κ3) is 5.32. The highest BCUT2D eigenvalue weighted by atomic mass is 16.5. The summed E-state index contributed by atoms with van der Waals surface area (Å²) < 4.78 is 10.3. The molecule has 30 heavy (non-hydrogen) atoms. The number of carbonyl (C=O) groups excluding carboxylic acids is 3. The average molecular weight is 403 g/mol. The van der Waals surface area contributed by atoms with Crippen LogP contribution in [0.15, 0.2) is 78.9 Å². The molecule has 3 aromatic carbocycles. The molecular weight excluding hydrogens is 382 g/mol. The third-order valence-corrected chi connectivity index (χ3v) is 4.50. The molecule has 6 heteroatoms. The molecule has 0 aliphatic rings. The minimum Gasteiger partial charge on any atom is -0.497 e. The topological polar surface area (TPSA) is 81.7 Å².